The summed E-state index contributed by atoms with van der Waals surface area (Å²) in [5.41, 5.74) is 7.71. The van der Waals surface area contributed by atoms with E-state index < -0.39 is 0 Å². The van der Waals surface area contributed by atoms with E-state index in [1.807, 2.05) is 12.1 Å². The molecule has 2 N–H and O–H groups in total. The molecule has 1 aromatic heterocycles. The van der Waals surface area contributed by atoms with E-state index in [0.717, 1.165) is 23.7 Å². The van der Waals surface area contributed by atoms with E-state index in [0.29, 0.717) is 0 Å². The molecule has 2 rings (SSSR count). The third-order valence-corrected chi connectivity index (χ3v) is 3.18. The first-order valence-corrected chi connectivity index (χ1v) is 5.63. The van der Waals surface area contributed by atoms with Crippen molar-refractivity contribution >= 4 is 5.69 Å². The molecule has 0 spiro atoms. The molecular formula is C12H19N3. The lowest BCUT2D eigenvalue weighted by Crippen LogP contribution is -2.31. The number of nitrogens with two attached hydrogens (primary N) is 1. The number of nitrogens with zero attached hydrogens (tertiary/aromatic N) is 2. The molecule has 1 aliphatic rings. The molecule has 0 atom stereocenters. The standard InChI is InChI=1S/C12H19N3/c1-15-6-3-10(4-7-15)8-12-9-11(13)2-5-14-12/h2,5,9-10H,3-4,6-8H2,1H3,(H2,13,14). The van der Waals surface area contributed by atoms with E-state index in [1.54, 1.807) is 6.20 Å². The maximum atomic E-state index is 5.74. The number of piperidine rings is 1. The van der Waals surface area contributed by atoms with Crippen LogP contribution in [0.25, 0.3) is 0 Å². The number of nitrogen functional groups attached to an aromatic ring is 1. The minimum absolute atomic E-state index is 0.787. The summed E-state index contributed by atoms with van der Waals surface area (Å²) >= 11 is 0. The minimum Gasteiger partial charge on any atom is -0.399 e. The highest BCUT2D eigenvalue weighted by Gasteiger charge is 2.17. The van der Waals surface area contributed by atoms with Gasteiger partial charge in [0.2, 0.25) is 0 Å². The van der Waals surface area contributed by atoms with Crippen molar-refractivity contribution in [1.29, 1.82) is 0 Å². The zero-order chi connectivity index (χ0) is 10.7. The Bertz CT molecular complexity index is 316. The second kappa shape index (κ2) is 4.62. The van der Waals surface area contributed by atoms with Crippen LogP contribution in [0, 0.1) is 5.92 Å². The van der Waals surface area contributed by atoms with Crippen molar-refractivity contribution in [3.8, 4) is 0 Å². The molecule has 15 heavy (non-hydrogen) atoms. The lowest BCUT2D eigenvalue weighted by Gasteiger charge is -2.28. The zero-order valence-corrected chi connectivity index (χ0v) is 9.32. The summed E-state index contributed by atoms with van der Waals surface area (Å²) in [6, 6.07) is 3.84. The summed E-state index contributed by atoms with van der Waals surface area (Å²) in [6.45, 7) is 2.43. The first-order chi connectivity index (χ1) is 7.24. The van der Waals surface area contributed by atoms with Crippen molar-refractivity contribution in [2.45, 2.75) is 19.3 Å². The molecule has 0 unspecified atom stereocenters. The van der Waals surface area contributed by atoms with Gasteiger partial charge in [-0.1, -0.05) is 0 Å². The lowest BCUT2D eigenvalue weighted by molar-refractivity contribution is 0.218. The number of pyridine rings is 1. The van der Waals surface area contributed by atoms with Gasteiger partial charge < -0.3 is 10.6 Å². The summed E-state index contributed by atoms with van der Waals surface area (Å²) in [6.07, 6.45) is 5.46. The SMILES string of the molecule is CN1CCC(Cc2cc(N)ccn2)CC1. The molecule has 3 nitrogen and oxygen atoms in total. The normalized spacial score (nSPS) is 19.3. The fourth-order valence-electron chi connectivity index (χ4n) is 2.17. The average Bonchev–Trinajstić information content (AvgIpc) is 2.22. The van der Waals surface area contributed by atoms with Gasteiger partial charge in [-0.15, -0.1) is 0 Å². The Kier molecular flexibility index (Phi) is 3.21. The molecule has 82 valence electrons. The van der Waals surface area contributed by atoms with Crippen molar-refractivity contribution < 1.29 is 0 Å². The predicted molar refractivity (Wildman–Crippen MR) is 62.6 cm³/mol. The van der Waals surface area contributed by atoms with Gasteiger partial charge in [0.1, 0.15) is 0 Å². The summed E-state index contributed by atoms with van der Waals surface area (Å²) in [7, 11) is 2.19. The summed E-state index contributed by atoms with van der Waals surface area (Å²) in [5, 5.41) is 0. The van der Waals surface area contributed by atoms with Crippen molar-refractivity contribution in [2.24, 2.45) is 5.92 Å². The van der Waals surface area contributed by atoms with Crippen molar-refractivity contribution in [3.05, 3.63) is 24.0 Å². The number of rotatable bonds is 2. The average molecular weight is 205 g/mol. The van der Waals surface area contributed by atoms with Crippen LogP contribution in [0.2, 0.25) is 0 Å². The molecule has 0 amide bonds. The molecule has 3 heteroatoms. The monoisotopic (exact) mass is 205 g/mol. The third-order valence-electron chi connectivity index (χ3n) is 3.18. The van der Waals surface area contributed by atoms with Gasteiger partial charge in [-0.05, 0) is 57.5 Å². The summed E-state index contributed by atoms with van der Waals surface area (Å²) in [5.74, 6) is 0.787. The van der Waals surface area contributed by atoms with E-state index >= 15 is 0 Å². The minimum atomic E-state index is 0.787. The molecule has 1 aromatic rings. The van der Waals surface area contributed by atoms with E-state index in [9.17, 15) is 0 Å². The van der Waals surface area contributed by atoms with Crippen LogP contribution in [0.5, 0.6) is 0 Å². The Labute approximate surface area is 91.3 Å². The molecule has 0 bridgehead atoms. The molecule has 0 aromatic carbocycles. The second-order valence-electron chi connectivity index (χ2n) is 4.53. The van der Waals surface area contributed by atoms with E-state index in [1.165, 1.54) is 25.9 Å². The predicted octanol–water partition coefficient (Wildman–Crippen LogP) is 1.55. The maximum Gasteiger partial charge on any atom is 0.0426 e. The van der Waals surface area contributed by atoms with Gasteiger partial charge in [0.05, 0.1) is 0 Å². The van der Waals surface area contributed by atoms with Crippen LogP contribution in [-0.4, -0.2) is 30.0 Å². The molecule has 0 saturated carbocycles. The van der Waals surface area contributed by atoms with Crippen LogP contribution in [0.3, 0.4) is 0 Å². The fraction of sp³-hybridized carbons (Fsp3) is 0.583. The van der Waals surface area contributed by atoms with Gasteiger partial charge in [0, 0.05) is 17.6 Å². The molecule has 0 radical (unpaired) electrons. The molecule has 1 saturated heterocycles. The molecule has 1 aliphatic heterocycles. The van der Waals surface area contributed by atoms with E-state index in [-0.39, 0.29) is 0 Å². The van der Waals surface area contributed by atoms with Crippen LogP contribution in [0.1, 0.15) is 18.5 Å². The van der Waals surface area contributed by atoms with Crippen LogP contribution in [0.4, 0.5) is 5.69 Å². The third kappa shape index (κ3) is 2.93. The quantitative estimate of drug-likeness (QED) is 0.796. The van der Waals surface area contributed by atoms with Gasteiger partial charge in [-0.2, -0.15) is 0 Å². The Hall–Kier alpha value is -1.09. The van der Waals surface area contributed by atoms with Crippen molar-refractivity contribution in [3.63, 3.8) is 0 Å². The van der Waals surface area contributed by atoms with Crippen LogP contribution >= 0.6 is 0 Å². The first kappa shape index (κ1) is 10.4. The highest BCUT2D eigenvalue weighted by molar-refractivity contribution is 5.37. The maximum absolute atomic E-state index is 5.74. The Balaban J connectivity index is 1.92. The highest BCUT2D eigenvalue weighted by Crippen LogP contribution is 2.20. The van der Waals surface area contributed by atoms with E-state index in [4.69, 9.17) is 5.73 Å². The molecule has 0 aliphatic carbocycles. The second-order valence-corrected chi connectivity index (χ2v) is 4.53. The van der Waals surface area contributed by atoms with Gasteiger partial charge in [0.15, 0.2) is 0 Å². The number of likely N-dealkylation sites (tertiary alicyclic amines) is 1. The number of anilines is 1. The summed E-state index contributed by atoms with van der Waals surface area (Å²) in [4.78, 5) is 6.75. The Morgan fingerprint density at radius 1 is 1.47 bits per heavy atom. The van der Waals surface area contributed by atoms with Gasteiger partial charge in [-0.25, -0.2) is 0 Å². The lowest BCUT2D eigenvalue weighted by atomic mass is 9.92. The Morgan fingerprint density at radius 3 is 2.87 bits per heavy atom. The molecule has 1 fully saturated rings. The van der Waals surface area contributed by atoms with Gasteiger partial charge >= 0.3 is 0 Å². The van der Waals surface area contributed by atoms with Crippen molar-refractivity contribution in [2.75, 3.05) is 25.9 Å². The fourth-order valence-corrected chi connectivity index (χ4v) is 2.17. The van der Waals surface area contributed by atoms with E-state index in [2.05, 4.69) is 16.9 Å². The van der Waals surface area contributed by atoms with Crippen LogP contribution in [0.15, 0.2) is 18.3 Å². The number of aromatic nitrogens is 1. The first-order valence-electron chi connectivity index (χ1n) is 5.63. The van der Waals surface area contributed by atoms with Gasteiger partial charge in [0.25, 0.3) is 0 Å². The van der Waals surface area contributed by atoms with Crippen LogP contribution in [-0.2, 0) is 6.42 Å². The number of hydrogen-bond donors (Lipinski definition) is 1. The molecule has 2 heterocycles. The topological polar surface area (TPSA) is 42.1 Å². The van der Waals surface area contributed by atoms with Crippen LogP contribution < -0.4 is 5.73 Å². The Morgan fingerprint density at radius 2 is 2.20 bits per heavy atom. The largest absolute Gasteiger partial charge is 0.399 e. The number of hydrogen-bond acceptors (Lipinski definition) is 3. The summed E-state index contributed by atoms with van der Waals surface area (Å²) < 4.78 is 0. The highest BCUT2D eigenvalue weighted by atomic mass is 15.1. The smallest absolute Gasteiger partial charge is 0.0426 e. The van der Waals surface area contributed by atoms with Gasteiger partial charge in [-0.3, -0.25) is 4.98 Å². The van der Waals surface area contributed by atoms with Crippen molar-refractivity contribution in [1.82, 2.24) is 9.88 Å². The molecular weight excluding hydrogens is 186 g/mol. The zero-order valence-electron chi connectivity index (χ0n) is 9.32.